The van der Waals surface area contributed by atoms with Gasteiger partial charge in [0.25, 0.3) is 5.91 Å². The summed E-state index contributed by atoms with van der Waals surface area (Å²) in [6.45, 7) is 4.57. The zero-order chi connectivity index (χ0) is 19.3. The Kier molecular flexibility index (Phi) is 5.39. The third-order valence-electron chi connectivity index (χ3n) is 5.05. The molecule has 0 unspecified atom stereocenters. The number of hydrogen-bond acceptors (Lipinski definition) is 4. The van der Waals surface area contributed by atoms with Gasteiger partial charge in [-0.2, -0.15) is 0 Å². The minimum absolute atomic E-state index is 0.0354. The fourth-order valence-electron chi connectivity index (χ4n) is 3.45. The number of hydrogen-bond donors (Lipinski definition) is 1. The van der Waals surface area contributed by atoms with Crippen molar-refractivity contribution in [3.63, 3.8) is 0 Å². The van der Waals surface area contributed by atoms with Crippen molar-refractivity contribution in [3.05, 3.63) is 76.6 Å². The van der Waals surface area contributed by atoms with Gasteiger partial charge >= 0.3 is 0 Å². The van der Waals surface area contributed by atoms with Crippen LogP contribution in [-0.4, -0.2) is 60.0 Å². The van der Waals surface area contributed by atoms with E-state index in [0.29, 0.717) is 25.3 Å². The number of piperazine rings is 1. The average molecular weight is 377 g/mol. The predicted molar refractivity (Wildman–Crippen MR) is 109 cm³/mol. The van der Waals surface area contributed by atoms with E-state index < -0.39 is 0 Å². The Hall–Kier alpha value is -3.12. The molecular weight excluding hydrogens is 354 g/mol. The molecule has 1 amide bonds. The average Bonchev–Trinajstić information content (AvgIpc) is 2.74. The van der Waals surface area contributed by atoms with Gasteiger partial charge in [0.1, 0.15) is 12.4 Å². The summed E-state index contributed by atoms with van der Waals surface area (Å²) in [5.41, 5.74) is 1.26. The standard InChI is InChI=1S/C22H23N3O3/c26-21-9-7-17-16-18(6-8-20(17)23-21)22(27)25-12-10-24(11-13-25)14-15-28-19-4-2-1-3-5-19/h1-9,16H,10-15H2,(H,23,26). The highest BCUT2D eigenvalue weighted by Crippen LogP contribution is 2.15. The normalized spacial score (nSPS) is 14.9. The van der Waals surface area contributed by atoms with Crippen LogP contribution in [0.2, 0.25) is 0 Å². The number of rotatable bonds is 5. The first-order valence-electron chi connectivity index (χ1n) is 9.52. The van der Waals surface area contributed by atoms with Crippen molar-refractivity contribution in [3.8, 4) is 5.75 Å². The zero-order valence-corrected chi connectivity index (χ0v) is 15.6. The number of fused-ring (bicyclic) bond motifs is 1. The van der Waals surface area contributed by atoms with E-state index in [9.17, 15) is 9.59 Å². The van der Waals surface area contributed by atoms with Gasteiger partial charge in [-0.15, -0.1) is 0 Å². The van der Waals surface area contributed by atoms with Gasteiger partial charge in [0.2, 0.25) is 5.56 Å². The Morgan fingerprint density at radius 3 is 2.54 bits per heavy atom. The van der Waals surface area contributed by atoms with Gasteiger partial charge in [0, 0.05) is 49.9 Å². The van der Waals surface area contributed by atoms with E-state index in [4.69, 9.17) is 4.74 Å². The van der Waals surface area contributed by atoms with Gasteiger partial charge in [-0.3, -0.25) is 14.5 Å². The number of carbonyl (C=O) groups excluding carboxylic acids is 1. The number of benzene rings is 2. The molecule has 28 heavy (non-hydrogen) atoms. The van der Waals surface area contributed by atoms with Gasteiger partial charge < -0.3 is 14.6 Å². The van der Waals surface area contributed by atoms with Crippen molar-refractivity contribution < 1.29 is 9.53 Å². The van der Waals surface area contributed by atoms with Crippen molar-refractivity contribution >= 4 is 16.8 Å². The molecule has 1 N–H and O–H groups in total. The number of amides is 1. The first-order valence-corrected chi connectivity index (χ1v) is 9.52. The van der Waals surface area contributed by atoms with E-state index in [2.05, 4.69) is 9.88 Å². The minimum Gasteiger partial charge on any atom is -0.492 e. The van der Waals surface area contributed by atoms with Crippen molar-refractivity contribution in [1.29, 1.82) is 0 Å². The second-order valence-corrected chi connectivity index (χ2v) is 6.92. The molecule has 4 rings (SSSR count). The first-order chi connectivity index (χ1) is 13.7. The monoisotopic (exact) mass is 377 g/mol. The van der Waals surface area contributed by atoms with E-state index >= 15 is 0 Å². The molecule has 2 heterocycles. The molecule has 1 aromatic heterocycles. The maximum atomic E-state index is 12.8. The van der Waals surface area contributed by atoms with Crippen molar-refractivity contribution in [1.82, 2.24) is 14.8 Å². The third kappa shape index (κ3) is 4.23. The highest BCUT2D eigenvalue weighted by molar-refractivity contribution is 5.98. The number of carbonyl (C=O) groups is 1. The van der Waals surface area contributed by atoms with Crippen LogP contribution in [0.1, 0.15) is 10.4 Å². The molecule has 1 fully saturated rings. The van der Waals surface area contributed by atoms with Crippen LogP contribution in [0, 0.1) is 0 Å². The molecule has 3 aromatic rings. The maximum Gasteiger partial charge on any atom is 0.253 e. The number of pyridine rings is 1. The van der Waals surface area contributed by atoms with Gasteiger partial charge in [0.15, 0.2) is 0 Å². The summed E-state index contributed by atoms with van der Waals surface area (Å²) in [5.74, 6) is 0.919. The van der Waals surface area contributed by atoms with Crippen LogP contribution >= 0.6 is 0 Å². The second-order valence-electron chi connectivity index (χ2n) is 6.92. The van der Waals surface area contributed by atoms with Crippen molar-refractivity contribution in [2.24, 2.45) is 0 Å². The van der Waals surface area contributed by atoms with Crippen molar-refractivity contribution in [2.45, 2.75) is 0 Å². The lowest BCUT2D eigenvalue weighted by molar-refractivity contribution is 0.0620. The molecule has 0 atom stereocenters. The first kappa shape index (κ1) is 18.3. The Morgan fingerprint density at radius 2 is 1.75 bits per heavy atom. The number of aromatic nitrogens is 1. The Labute approximate surface area is 163 Å². The Balaban J connectivity index is 1.30. The van der Waals surface area contributed by atoms with Crippen LogP contribution in [0.5, 0.6) is 5.75 Å². The van der Waals surface area contributed by atoms with Crippen LogP contribution in [-0.2, 0) is 0 Å². The van der Waals surface area contributed by atoms with Gasteiger partial charge in [-0.25, -0.2) is 0 Å². The topological polar surface area (TPSA) is 65.6 Å². The minimum atomic E-state index is -0.140. The number of nitrogens with zero attached hydrogens (tertiary/aromatic N) is 2. The van der Waals surface area contributed by atoms with E-state index in [0.717, 1.165) is 36.3 Å². The van der Waals surface area contributed by atoms with Crippen LogP contribution in [0.25, 0.3) is 10.9 Å². The molecule has 0 radical (unpaired) electrons. The van der Waals surface area contributed by atoms with Crippen LogP contribution < -0.4 is 10.3 Å². The largest absolute Gasteiger partial charge is 0.492 e. The SMILES string of the molecule is O=C(c1ccc2[nH]c(=O)ccc2c1)N1CCN(CCOc2ccccc2)CC1. The molecule has 0 spiro atoms. The summed E-state index contributed by atoms with van der Waals surface area (Å²) < 4.78 is 5.75. The molecule has 144 valence electrons. The maximum absolute atomic E-state index is 12.8. The van der Waals surface area contributed by atoms with Gasteiger partial charge in [0.05, 0.1) is 0 Å². The van der Waals surface area contributed by atoms with E-state index in [-0.39, 0.29) is 11.5 Å². The molecule has 0 saturated carbocycles. The summed E-state index contributed by atoms with van der Waals surface area (Å²) in [6, 6.07) is 18.4. The summed E-state index contributed by atoms with van der Waals surface area (Å²) in [7, 11) is 0. The predicted octanol–water partition coefficient (Wildman–Crippen LogP) is 2.36. The van der Waals surface area contributed by atoms with Crippen LogP contribution in [0.15, 0.2) is 65.5 Å². The lowest BCUT2D eigenvalue weighted by Gasteiger charge is -2.34. The molecule has 0 bridgehead atoms. The summed E-state index contributed by atoms with van der Waals surface area (Å²) in [6.07, 6.45) is 0. The molecule has 1 aliphatic heterocycles. The number of nitrogens with one attached hydrogen (secondary N) is 1. The Morgan fingerprint density at radius 1 is 0.964 bits per heavy atom. The number of aromatic amines is 1. The lowest BCUT2D eigenvalue weighted by atomic mass is 10.1. The van der Waals surface area contributed by atoms with E-state index in [1.807, 2.05) is 41.3 Å². The fourth-order valence-corrected chi connectivity index (χ4v) is 3.45. The summed E-state index contributed by atoms with van der Waals surface area (Å²) in [5, 5.41) is 0.863. The van der Waals surface area contributed by atoms with E-state index in [1.165, 1.54) is 6.07 Å². The summed E-state index contributed by atoms with van der Waals surface area (Å²) in [4.78, 5) is 31.2. The third-order valence-corrected chi connectivity index (χ3v) is 5.05. The van der Waals surface area contributed by atoms with Gasteiger partial charge in [-0.1, -0.05) is 18.2 Å². The number of para-hydroxylation sites is 1. The van der Waals surface area contributed by atoms with Crippen molar-refractivity contribution in [2.75, 3.05) is 39.3 Å². The molecule has 1 saturated heterocycles. The smallest absolute Gasteiger partial charge is 0.253 e. The fraction of sp³-hybridized carbons (Fsp3) is 0.273. The molecule has 0 aliphatic carbocycles. The zero-order valence-electron chi connectivity index (χ0n) is 15.6. The molecular formula is C22H23N3O3. The molecule has 6 heteroatoms. The molecule has 2 aromatic carbocycles. The van der Waals surface area contributed by atoms with Crippen LogP contribution in [0.4, 0.5) is 0 Å². The number of H-pyrrole nitrogens is 1. The molecule has 1 aliphatic rings. The quantitative estimate of drug-likeness (QED) is 0.741. The highest BCUT2D eigenvalue weighted by Gasteiger charge is 2.22. The van der Waals surface area contributed by atoms with Gasteiger partial charge in [-0.05, 0) is 41.8 Å². The highest BCUT2D eigenvalue weighted by atomic mass is 16.5. The second kappa shape index (κ2) is 8.27. The van der Waals surface area contributed by atoms with E-state index in [1.54, 1.807) is 18.2 Å². The molecule has 6 nitrogen and oxygen atoms in total. The number of ether oxygens (including phenoxy) is 1. The lowest BCUT2D eigenvalue weighted by Crippen LogP contribution is -2.49. The van der Waals surface area contributed by atoms with Crippen LogP contribution in [0.3, 0.4) is 0 Å². The Bertz CT molecular complexity index is 1010. The summed E-state index contributed by atoms with van der Waals surface area (Å²) >= 11 is 0.